The molecule has 0 unspecified atom stereocenters. The van der Waals surface area contributed by atoms with E-state index in [0.29, 0.717) is 11.3 Å². The van der Waals surface area contributed by atoms with Crippen LogP contribution in [0.1, 0.15) is 11.1 Å². The van der Waals surface area contributed by atoms with Gasteiger partial charge in [-0.1, -0.05) is 18.2 Å². The van der Waals surface area contributed by atoms with E-state index in [-0.39, 0.29) is 0 Å². The SMILES string of the molecule is Cc1ccccc1NC(=O)N/N=C/c1ccc(O)c([N+](=O)[O-])c1. The molecule has 23 heavy (non-hydrogen) atoms. The number of aromatic hydroxyl groups is 1. The number of amides is 2. The Kier molecular flexibility index (Phi) is 4.88. The summed E-state index contributed by atoms with van der Waals surface area (Å²) in [7, 11) is 0. The van der Waals surface area contributed by atoms with Gasteiger partial charge in [-0.2, -0.15) is 5.10 Å². The quantitative estimate of drug-likeness (QED) is 0.457. The van der Waals surface area contributed by atoms with Crippen molar-refractivity contribution in [2.45, 2.75) is 6.92 Å². The first-order chi connectivity index (χ1) is 11.0. The molecule has 0 bridgehead atoms. The number of anilines is 1. The summed E-state index contributed by atoms with van der Waals surface area (Å²) in [6.07, 6.45) is 1.24. The average molecular weight is 314 g/mol. The van der Waals surface area contributed by atoms with Gasteiger partial charge < -0.3 is 10.4 Å². The van der Waals surface area contributed by atoms with E-state index in [0.717, 1.165) is 11.6 Å². The Labute approximate surface area is 131 Å². The lowest BCUT2D eigenvalue weighted by atomic mass is 10.2. The number of benzene rings is 2. The number of hydrogen-bond acceptors (Lipinski definition) is 5. The summed E-state index contributed by atoms with van der Waals surface area (Å²) in [5.41, 5.74) is 3.75. The molecule has 0 aliphatic heterocycles. The second kappa shape index (κ2) is 7.03. The minimum Gasteiger partial charge on any atom is -0.502 e. The largest absolute Gasteiger partial charge is 0.502 e. The number of hydrogen-bond donors (Lipinski definition) is 3. The predicted octanol–water partition coefficient (Wildman–Crippen LogP) is 2.76. The van der Waals surface area contributed by atoms with Gasteiger partial charge in [-0.25, -0.2) is 10.2 Å². The smallest absolute Gasteiger partial charge is 0.339 e. The van der Waals surface area contributed by atoms with Crippen LogP contribution < -0.4 is 10.7 Å². The number of phenols is 1. The zero-order valence-electron chi connectivity index (χ0n) is 12.2. The van der Waals surface area contributed by atoms with E-state index in [4.69, 9.17) is 0 Å². The van der Waals surface area contributed by atoms with E-state index in [1.165, 1.54) is 18.3 Å². The Bertz CT molecular complexity index is 774. The van der Waals surface area contributed by atoms with Crippen molar-refractivity contribution in [3.05, 3.63) is 63.7 Å². The highest BCUT2D eigenvalue weighted by molar-refractivity contribution is 5.91. The van der Waals surface area contributed by atoms with Gasteiger partial charge >= 0.3 is 11.7 Å². The van der Waals surface area contributed by atoms with Gasteiger partial charge in [0.05, 0.1) is 11.1 Å². The maximum Gasteiger partial charge on any atom is 0.339 e. The molecule has 3 N–H and O–H groups in total. The van der Waals surface area contributed by atoms with E-state index in [1.807, 2.05) is 19.1 Å². The summed E-state index contributed by atoms with van der Waals surface area (Å²) in [5.74, 6) is -0.433. The fourth-order valence-corrected chi connectivity index (χ4v) is 1.80. The number of urea groups is 1. The fraction of sp³-hybridized carbons (Fsp3) is 0.0667. The van der Waals surface area contributed by atoms with Crippen LogP contribution in [-0.4, -0.2) is 22.3 Å². The number of para-hydroxylation sites is 1. The van der Waals surface area contributed by atoms with E-state index in [9.17, 15) is 20.0 Å². The molecule has 2 aromatic rings. The lowest BCUT2D eigenvalue weighted by molar-refractivity contribution is -0.385. The summed E-state index contributed by atoms with van der Waals surface area (Å²) in [6.45, 7) is 1.86. The molecule has 0 spiro atoms. The molecular formula is C15H14N4O4. The minimum absolute atomic E-state index is 0.366. The number of aryl methyl sites for hydroxylation is 1. The van der Waals surface area contributed by atoms with Crippen molar-refractivity contribution in [1.29, 1.82) is 0 Å². The monoisotopic (exact) mass is 314 g/mol. The molecule has 2 aromatic carbocycles. The van der Waals surface area contributed by atoms with Crippen molar-refractivity contribution in [3.63, 3.8) is 0 Å². The van der Waals surface area contributed by atoms with Crippen LogP contribution in [0.3, 0.4) is 0 Å². The van der Waals surface area contributed by atoms with Gasteiger partial charge in [0.1, 0.15) is 0 Å². The van der Waals surface area contributed by atoms with Crippen LogP contribution in [0.4, 0.5) is 16.2 Å². The average Bonchev–Trinajstić information content (AvgIpc) is 2.51. The summed E-state index contributed by atoms with van der Waals surface area (Å²) >= 11 is 0. The third kappa shape index (κ3) is 4.27. The van der Waals surface area contributed by atoms with Crippen LogP contribution >= 0.6 is 0 Å². The van der Waals surface area contributed by atoms with Crippen LogP contribution in [0.2, 0.25) is 0 Å². The first-order valence-electron chi connectivity index (χ1n) is 6.60. The molecule has 0 aliphatic rings. The molecule has 0 radical (unpaired) electrons. The summed E-state index contributed by atoms with van der Waals surface area (Å²) in [4.78, 5) is 21.7. The lowest BCUT2D eigenvalue weighted by Gasteiger charge is -2.06. The Hall–Kier alpha value is -3.42. The van der Waals surface area contributed by atoms with Crippen LogP contribution in [0.5, 0.6) is 5.75 Å². The van der Waals surface area contributed by atoms with Gasteiger partial charge in [-0.3, -0.25) is 10.1 Å². The molecule has 0 atom stereocenters. The number of rotatable bonds is 4. The molecule has 8 heteroatoms. The molecule has 0 aromatic heterocycles. The van der Waals surface area contributed by atoms with Crippen molar-refractivity contribution in [2.75, 3.05) is 5.32 Å². The molecule has 0 heterocycles. The van der Waals surface area contributed by atoms with Crippen LogP contribution in [0.25, 0.3) is 0 Å². The van der Waals surface area contributed by atoms with Gasteiger partial charge in [-0.05, 0) is 30.7 Å². The lowest BCUT2D eigenvalue weighted by Crippen LogP contribution is -2.24. The molecule has 0 saturated heterocycles. The van der Waals surface area contributed by atoms with E-state index in [1.54, 1.807) is 12.1 Å². The topological polar surface area (TPSA) is 117 Å². The third-order valence-corrected chi connectivity index (χ3v) is 2.97. The molecular weight excluding hydrogens is 300 g/mol. The number of carbonyl (C=O) groups excluding carboxylic acids is 1. The number of nitro groups is 1. The molecule has 2 amide bonds. The maximum absolute atomic E-state index is 11.7. The second-order valence-electron chi connectivity index (χ2n) is 4.64. The van der Waals surface area contributed by atoms with Crippen molar-refractivity contribution in [1.82, 2.24) is 5.43 Å². The molecule has 8 nitrogen and oxygen atoms in total. The molecule has 0 fully saturated rings. The highest BCUT2D eigenvalue weighted by Crippen LogP contribution is 2.25. The van der Waals surface area contributed by atoms with Gasteiger partial charge in [-0.15, -0.1) is 0 Å². The highest BCUT2D eigenvalue weighted by atomic mass is 16.6. The highest BCUT2D eigenvalue weighted by Gasteiger charge is 2.12. The van der Waals surface area contributed by atoms with Crippen molar-refractivity contribution < 1.29 is 14.8 Å². The first-order valence-corrected chi connectivity index (χ1v) is 6.60. The molecule has 118 valence electrons. The number of nitrogens with one attached hydrogen (secondary N) is 2. The number of phenolic OH excluding ortho intramolecular Hbond substituents is 1. The van der Waals surface area contributed by atoms with Crippen LogP contribution in [-0.2, 0) is 0 Å². The van der Waals surface area contributed by atoms with Gasteiger partial charge in [0.15, 0.2) is 5.75 Å². The van der Waals surface area contributed by atoms with E-state index < -0.39 is 22.4 Å². The standard InChI is InChI=1S/C15H14N4O4/c1-10-4-2-3-5-12(10)17-15(21)18-16-9-11-6-7-14(20)13(8-11)19(22)23/h2-9,20H,1H3,(H2,17,18,21)/b16-9+. The number of hydrazone groups is 1. The normalized spacial score (nSPS) is 10.5. The van der Waals surface area contributed by atoms with Gasteiger partial charge in [0.2, 0.25) is 0 Å². The van der Waals surface area contributed by atoms with Gasteiger partial charge in [0, 0.05) is 17.3 Å². The number of nitro benzene ring substituents is 1. The minimum atomic E-state index is -0.703. The Morgan fingerprint density at radius 3 is 2.74 bits per heavy atom. The van der Waals surface area contributed by atoms with Crippen molar-refractivity contribution >= 4 is 23.6 Å². The maximum atomic E-state index is 11.7. The Morgan fingerprint density at radius 1 is 1.30 bits per heavy atom. The second-order valence-corrected chi connectivity index (χ2v) is 4.64. The fourth-order valence-electron chi connectivity index (χ4n) is 1.80. The van der Waals surface area contributed by atoms with E-state index >= 15 is 0 Å². The number of nitrogens with zero attached hydrogens (tertiary/aromatic N) is 2. The summed E-state index contributed by atoms with van der Waals surface area (Å²) in [5, 5.41) is 26.4. The zero-order chi connectivity index (χ0) is 16.8. The van der Waals surface area contributed by atoms with E-state index in [2.05, 4.69) is 15.8 Å². The predicted molar refractivity (Wildman–Crippen MR) is 85.7 cm³/mol. The summed E-state index contributed by atoms with van der Waals surface area (Å²) < 4.78 is 0. The van der Waals surface area contributed by atoms with Gasteiger partial charge in [0.25, 0.3) is 0 Å². The third-order valence-electron chi connectivity index (χ3n) is 2.97. The van der Waals surface area contributed by atoms with Crippen molar-refractivity contribution in [2.24, 2.45) is 5.10 Å². The molecule has 0 saturated carbocycles. The first kappa shape index (κ1) is 16.0. The Morgan fingerprint density at radius 2 is 2.04 bits per heavy atom. The molecule has 0 aliphatic carbocycles. The van der Waals surface area contributed by atoms with Crippen LogP contribution in [0, 0.1) is 17.0 Å². The van der Waals surface area contributed by atoms with Crippen LogP contribution in [0.15, 0.2) is 47.6 Å². The zero-order valence-corrected chi connectivity index (χ0v) is 12.2. The Balaban J connectivity index is 1.99. The molecule has 2 rings (SSSR count). The summed E-state index contributed by atoms with van der Waals surface area (Å²) in [6, 6.07) is 10.5. The van der Waals surface area contributed by atoms with Crippen molar-refractivity contribution in [3.8, 4) is 5.75 Å². The number of carbonyl (C=O) groups is 1.